The molecule has 0 saturated carbocycles. The zero-order chi connectivity index (χ0) is 39.4. The number of benzene rings is 4. The first-order valence-corrected chi connectivity index (χ1v) is 20.3. The number of phenols is 1. The maximum absolute atomic E-state index is 12.5. The van der Waals surface area contributed by atoms with Gasteiger partial charge in [0.25, 0.3) is 40.5 Å². The number of hydrogen-bond acceptors (Lipinski definition) is 16. The van der Waals surface area contributed by atoms with Crippen molar-refractivity contribution in [3.63, 3.8) is 0 Å². The smallest absolute Gasteiger partial charge is 0.296 e. The molecule has 0 aliphatic carbocycles. The molecular formula is C28H24ClN7Na4O13S4. The summed E-state index contributed by atoms with van der Waals surface area (Å²) in [6.45, 7) is 4.66. The van der Waals surface area contributed by atoms with E-state index in [9.17, 15) is 57.0 Å². The fourth-order valence-electron chi connectivity index (χ4n) is 4.81. The Morgan fingerprint density at radius 2 is 1.12 bits per heavy atom. The molecule has 4 radical (unpaired) electrons. The molecule has 5 rings (SSSR count). The molecular weight excluding hydrogens is 898 g/mol. The summed E-state index contributed by atoms with van der Waals surface area (Å²) in [7, 11) is -20.0. The van der Waals surface area contributed by atoms with Crippen LogP contribution < -0.4 is 10.6 Å². The zero-order valence-corrected chi connectivity index (χ0v) is 42.9. The van der Waals surface area contributed by atoms with E-state index in [1.807, 2.05) is 0 Å². The number of phenolic OH excluding ortho intramolecular Hbond substituents is 1. The van der Waals surface area contributed by atoms with Crippen molar-refractivity contribution in [3.05, 3.63) is 70.5 Å². The van der Waals surface area contributed by atoms with Crippen LogP contribution in [-0.2, 0) is 40.5 Å². The van der Waals surface area contributed by atoms with Crippen LogP contribution in [0.15, 0.2) is 78.3 Å². The zero-order valence-electron chi connectivity index (χ0n) is 30.9. The monoisotopic (exact) mass is 921 g/mol. The van der Waals surface area contributed by atoms with Crippen LogP contribution in [-0.4, -0.2) is 190 Å². The molecule has 0 bridgehead atoms. The number of azo groups is 1. The summed E-state index contributed by atoms with van der Waals surface area (Å²) in [5.41, 5.74) is -0.807. The van der Waals surface area contributed by atoms with Crippen LogP contribution >= 0.6 is 11.6 Å². The molecule has 4 aromatic carbocycles. The molecule has 0 atom stereocenters. The average molecular weight is 922 g/mol. The summed E-state index contributed by atoms with van der Waals surface area (Å²) in [6, 6.07) is 8.31. The molecule has 0 fully saturated rings. The number of hydrogen-bond donors (Lipinski definition) is 7. The van der Waals surface area contributed by atoms with Crippen molar-refractivity contribution < 1.29 is 57.0 Å². The first-order chi connectivity index (χ1) is 24.3. The predicted molar refractivity (Wildman–Crippen MR) is 211 cm³/mol. The summed E-state index contributed by atoms with van der Waals surface area (Å²) < 4.78 is 137. The molecule has 0 amide bonds. The fourth-order valence-corrected chi connectivity index (χ4v) is 7.59. The van der Waals surface area contributed by atoms with Crippen molar-refractivity contribution in [1.82, 2.24) is 15.0 Å². The Bertz CT molecular complexity index is 2880. The number of anilines is 4. The number of rotatable bonds is 10. The molecule has 57 heavy (non-hydrogen) atoms. The third kappa shape index (κ3) is 13.0. The summed E-state index contributed by atoms with van der Waals surface area (Å²) in [5.74, 6) is -2.04. The van der Waals surface area contributed by atoms with Crippen molar-refractivity contribution in [2.24, 2.45) is 10.2 Å². The van der Waals surface area contributed by atoms with E-state index in [0.717, 1.165) is 24.3 Å². The minimum Gasteiger partial charge on any atom is -0.505 e. The molecule has 5 aromatic rings. The molecule has 0 unspecified atom stereocenters. The molecule has 284 valence electrons. The quantitative estimate of drug-likeness (QED) is 0.0597. The van der Waals surface area contributed by atoms with E-state index in [0.29, 0.717) is 22.8 Å². The van der Waals surface area contributed by atoms with Gasteiger partial charge in [-0.1, -0.05) is 6.07 Å². The van der Waals surface area contributed by atoms with Gasteiger partial charge in [0.2, 0.25) is 17.2 Å². The minimum absolute atomic E-state index is 0. The van der Waals surface area contributed by atoms with Gasteiger partial charge in [0.1, 0.15) is 26.1 Å². The number of nitrogens with zero attached hydrogens (tertiary/aromatic N) is 5. The maximum Gasteiger partial charge on any atom is 0.296 e. The molecule has 0 aliphatic rings. The predicted octanol–water partition coefficient (Wildman–Crippen LogP) is 3.68. The van der Waals surface area contributed by atoms with Crippen LogP contribution in [0.3, 0.4) is 0 Å². The first kappa shape index (κ1) is 54.1. The number of nitrogens with one attached hydrogen (secondary N) is 2. The van der Waals surface area contributed by atoms with E-state index < -0.39 is 111 Å². The van der Waals surface area contributed by atoms with Crippen LogP contribution in [0.2, 0.25) is 5.28 Å². The number of aryl methyl sites for hydroxylation is 3. The molecule has 29 heteroatoms. The number of fused-ring (bicyclic) bond motifs is 1. The van der Waals surface area contributed by atoms with E-state index in [2.05, 4.69) is 35.8 Å². The Labute approximate surface area is 419 Å². The summed E-state index contributed by atoms with van der Waals surface area (Å²) in [5, 5.41) is 22.5. The van der Waals surface area contributed by atoms with Crippen LogP contribution in [0.1, 0.15) is 16.7 Å². The van der Waals surface area contributed by atoms with Gasteiger partial charge in [-0.3, -0.25) is 18.2 Å². The second kappa shape index (κ2) is 20.3. The maximum atomic E-state index is 12.5. The first-order valence-electron chi connectivity index (χ1n) is 14.2. The van der Waals surface area contributed by atoms with Gasteiger partial charge in [-0.15, -0.1) is 10.2 Å². The molecule has 1 heterocycles. The summed E-state index contributed by atoms with van der Waals surface area (Å²) in [4.78, 5) is 8.44. The van der Waals surface area contributed by atoms with Gasteiger partial charge in [-0.2, -0.15) is 48.6 Å². The Hall–Kier alpha value is -0.920. The van der Waals surface area contributed by atoms with E-state index in [1.165, 1.54) is 25.1 Å². The molecule has 7 N–H and O–H groups in total. The van der Waals surface area contributed by atoms with Crippen LogP contribution in [0.5, 0.6) is 5.75 Å². The Balaban J connectivity index is 0.00000406. The average Bonchev–Trinajstić information content (AvgIpc) is 3.00. The van der Waals surface area contributed by atoms with Crippen LogP contribution in [0, 0.1) is 20.8 Å². The Morgan fingerprint density at radius 1 is 0.596 bits per heavy atom. The second-order valence-electron chi connectivity index (χ2n) is 11.1. The molecule has 0 spiro atoms. The van der Waals surface area contributed by atoms with Gasteiger partial charge >= 0.3 is 0 Å². The third-order valence-electron chi connectivity index (χ3n) is 7.33. The van der Waals surface area contributed by atoms with E-state index in [4.69, 9.17) is 11.6 Å². The van der Waals surface area contributed by atoms with Crippen molar-refractivity contribution in [1.29, 1.82) is 0 Å². The van der Waals surface area contributed by atoms with Gasteiger partial charge in [0.05, 0.1) is 16.3 Å². The molecule has 0 aliphatic heterocycles. The largest absolute Gasteiger partial charge is 0.505 e. The van der Waals surface area contributed by atoms with Crippen molar-refractivity contribution >= 4 is 216 Å². The number of aromatic nitrogens is 3. The van der Waals surface area contributed by atoms with Gasteiger partial charge < -0.3 is 15.7 Å². The Morgan fingerprint density at radius 3 is 1.65 bits per heavy atom. The second-order valence-corrected chi connectivity index (χ2v) is 17.1. The topological polar surface area (TPSA) is 325 Å². The number of halogens is 1. The minimum atomic E-state index is -5.32. The van der Waals surface area contributed by atoms with Gasteiger partial charge in [-0.25, -0.2) is 0 Å². The molecule has 20 nitrogen and oxygen atoms in total. The Kier molecular flexibility index (Phi) is 19.3. The number of aromatic hydroxyl groups is 1. The normalized spacial score (nSPS) is 11.9. The van der Waals surface area contributed by atoms with Gasteiger partial charge in [0.15, 0.2) is 5.75 Å². The standard InChI is InChI=1S/C28H24ClN7O13S4.4Na/c1-12-4-5-17(20(6-12)51(41,42)43)30-27-32-26(29)33-28(34-27)31-19-11-16(50(38,39)40)9-15-10-22(53(47,48)49)24(25(37)23(15)19)36-35-18-7-13(2)14(3)8-21(18)52(44,45)46;;;;/h4-11,37H,1-3H3,(H,38,39,40)(H,41,42,43)(H,44,45,46)(H,47,48,49)(H2,30,31,32,33,34);;;;. The molecule has 1 aromatic heterocycles. The molecule has 0 saturated heterocycles. The van der Waals surface area contributed by atoms with E-state index in [1.54, 1.807) is 13.8 Å². The summed E-state index contributed by atoms with van der Waals surface area (Å²) in [6.07, 6.45) is 0. The third-order valence-corrected chi connectivity index (χ3v) is 11.0. The van der Waals surface area contributed by atoms with Crippen LogP contribution in [0.25, 0.3) is 10.8 Å². The summed E-state index contributed by atoms with van der Waals surface area (Å²) >= 11 is 6.07. The fraction of sp³-hybridized carbons (Fsp3) is 0.107. The van der Waals surface area contributed by atoms with Crippen molar-refractivity contribution in [2.75, 3.05) is 10.6 Å². The van der Waals surface area contributed by atoms with Crippen molar-refractivity contribution in [3.8, 4) is 5.75 Å². The van der Waals surface area contributed by atoms with Gasteiger partial charge in [0, 0.05) is 124 Å². The van der Waals surface area contributed by atoms with Gasteiger partial charge in [-0.05, 0) is 96.9 Å². The van der Waals surface area contributed by atoms with E-state index >= 15 is 0 Å². The van der Waals surface area contributed by atoms with E-state index in [-0.39, 0.29) is 124 Å². The van der Waals surface area contributed by atoms with Crippen LogP contribution in [0.4, 0.5) is 34.6 Å². The van der Waals surface area contributed by atoms with Crippen molar-refractivity contribution in [2.45, 2.75) is 40.4 Å². The SMILES string of the molecule is Cc1ccc(Nc2nc(Cl)nc(Nc3cc(S(=O)(=O)O)cc4cc(S(=O)(=O)O)c(N=Nc5cc(C)c(C)cc5S(=O)(=O)O)c(O)c34)n2)c(S(=O)(=O)O)c1.[Na].[Na].[Na].[Na].